The van der Waals surface area contributed by atoms with Crippen molar-refractivity contribution in [3.8, 4) is 11.5 Å². The molecule has 5 nitrogen and oxygen atoms in total. The molecule has 122 valence electrons. The van der Waals surface area contributed by atoms with Gasteiger partial charge in [-0.05, 0) is 41.5 Å². The summed E-state index contributed by atoms with van der Waals surface area (Å²) in [6.07, 6.45) is 1.47. The minimum absolute atomic E-state index is 0.164. The average Bonchev–Trinajstić information content (AvgIpc) is 2.60. The number of rotatable bonds is 9. The van der Waals surface area contributed by atoms with E-state index >= 15 is 0 Å². The Balaban J connectivity index is 2.15. The standard InChI is InChI=1S/C18H20O5/c1-20-12-22-17-6-3-14(4-7-17)9-16-10-15(11-19)5-8-18(16)23-13-21-2/h3-8,10-11H,9,12-13H2,1-2H3. The van der Waals surface area contributed by atoms with Gasteiger partial charge in [0.1, 0.15) is 17.8 Å². The smallest absolute Gasteiger partial charge is 0.188 e. The molecule has 0 heterocycles. The van der Waals surface area contributed by atoms with Gasteiger partial charge in [0.2, 0.25) is 0 Å². The van der Waals surface area contributed by atoms with Gasteiger partial charge in [0.25, 0.3) is 0 Å². The van der Waals surface area contributed by atoms with Crippen LogP contribution in [-0.4, -0.2) is 34.1 Å². The van der Waals surface area contributed by atoms with Gasteiger partial charge in [-0.3, -0.25) is 4.79 Å². The van der Waals surface area contributed by atoms with Crippen LogP contribution >= 0.6 is 0 Å². The van der Waals surface area contributed by atoms with Crippen molar-refractivity contribution in [1.82, 2.24) is 0 Å². The molecular formula is C18H20O5. The van der Waals surface area contributed by atoms with Crippen LogP contribution in [0.25, 0.3) is 0 Å². The fourth-order valence-corrected chi connectivity index (χ4v) is 2.12. The number of ether oxygens (including phenoxy) is 4. The third kappa shape index (κ3) is 5.09. The zero-order chi connectivity index (χ0) is 16.5. The maximum atomic E-state index is 11.0. The summed E-state index contributed by atoms with van der Waals surface area (Å²) in [6.45, 7) is 0.382. The van der Waals surface area contributed by atoms with Crippen LogP contribution in [0.4, 0.5) is 0 Å². The van der Waals surface area contributed by atoms with Crippen LogP contribution < -0.4 is 9.47 Å². The lowest BCUT2D eigenvalue weighted by Gasteiger charge is -2.12. The molecule has 0 aliphatic rings. The highest BCUT2D eigenvalue weighted by Gasteiger charge is 2.07. The lowest BCUT2D eigenvalue weighted by Crippen LogP contribution is -2.03. The number of methoxy groups -OCH3 is 2. The van der Waals surface area contributed by atoms with E-state index in [1.165, 1.54) is 0 Å². The van der Waals surface area contributed by atoms with Crippen LogP contribution in [0, 0.1) is 0 Å². The maximum absolute atomic E-state index is 11.0. The number of hydrogen-bond acceptors (Lipinski definition) is 5. The molecule has 2 aromatic carbocycles. The van der Waals surface area contributed by atoms with E-state index in [1.807, 2.05) is 30.3 Å². The van der Waals surface area contributed by atoms with Crippen molar-refractivity contribution < 1.29 is 23.7 Å². The average molecular weight is 316 g/mol. The zero-order valence-corrected chi connectivity index (χ0v) is 13.3. The first-order chi connectivity index (χ1) is 11.3. The summed E-state index contributed by atoms with van der Waals surface area (Å²) >= 11 is 0. The summed E-state index contributed by atoms with van der Waals surface area (Å²) in [5.74, 6) is 1.45. The van der Waals surface area contributed by atoms with Crippen molar-refractivity contribution in [3.05, 3.63) is 59.2 Å². The Kier molecular flexibility index (Phi) is 6.59. The van der Waals surface area contributed by atoms with Crippen LogP contribution in [0.3, 0.4) is 0 Å². The number of hydrogen-bond donors (Lipinski definition) is 0. The quantitative estimate of drug-likeness (QED) is 0.526. The fraction of sp³-hybridized carbons (Fsp3) is 0.278. The second kappa shape index (κ2) is 8.92. The molecule has 5 heteroatoms. The second-order valence-corrected chi connectivity index (χ2v) is 4.91. The van der Waals surface area contributed by atoms with Gasteiger partial charge < -0.3 is 18.9 Å². The summed E-state index contributed by atoms with van der Waals surface area (Å²) in [6, 6.07) is 13.0. The summed E-state index contributed by atoms with van der Waals surface area (Å²) in [4.78, 5) is 11.0. The molecule has 0 unspecified atom stereocenters. The molecule has 0 radical (unpaired) electrons. The largest absolute Gasteiger partial charge is 0.468 e. The predicted molar refractivity (Wildman–Crippen MR) is 86.1 cm³/mol. The Bertz CT molecular complexity index is 622. The molecule has 23 heavy (non-hydrogen) atoms. The molecule has 0 aliphatic heterocycles. The third-order valence-electron chi connectivity index (χ3n) is 3.21. The molecule has 0 saturated carbocycles. The molecule has 0 fully saturated rings. The maximum Gasteiger partial charge on any atom is 0.188 e. The second-order valence-electron chi connectivity index (χ2n) is 4.91. The SMILES string of the molecule is COCOc1ccc(Cc2cc(C=O)ccc2OCOC)cc1. The van der Waals surface area contributed by atoms with Gasteiger partial charge in [-0.15, -0.1) is 0 Å². The number of aldehydes is 1. The van der Waals surface area contributed by atoms with Crippen LogP contribution in [0.2, 0.25) is 0 Å². The molecule has 2 rings (SSSR count). The van der Waals surface area contributed by atoms with Gasteiger partial charge in [0.15, 0.2) is 13.6 Å². The molecule has 0 amide bonds. The molecule has 0 spiro atoms. The van der Waals surface area contributed by atoms with Gasteiger partial charge in [-0.1, -0.05) is 12.1 Å². The van der Waals surface area contributed by atoms with E-state index in [0.29, 0.717) is 17.7 Å². The van der Waals surface area contributed by atoms with E-state index in [-0.39, 0.29) is 13.6 Å². The molecule has 0 aliphatic carbocycles. The topological polar surface area (TPSA) is 54.0 Å². The normalized spacial score (nSPS) is 10.3. The molecular weight excluding hydrogens is 296 g/mol. The number of carbonyl (C=O) groups is 1. The van der Waals surface area contributed by atoms with Crippen molar-refractivity contribution in [1.29, 1.82) is 0 Å². The van der Waals surface area contributed by atoms with Gasteiger partial charge >= 0.3 is 0 Å². The summed E-state index contributed by atoms with van der Waals surface area (Å²) < 4.78 is 20.7. The van der Waals surface area contributed by atoms with E-state index in [2.05, 4.69) is 0 Å². The van der Waals surface area contributed by atoms with Crippen molar-refractivity contribution in [3.63, 3.8) is 0 Å². The first-order valence-corrected chi connectivity index (χ1v) is 7.17. The van der Waals surface area contributed by atoms with E-state index in [4.69, 9.17) is 18.9 Å². The van der Waals surface area contributed by atoms with Crippen molar-refractivity contribution in [2.75, 3.05) is 27.8 Å². The Morgan fingerprint density at radius 2 is 1.61 bits per heavy atom. The zero-order valence-electron chi connectivity index (χ0n) is 13.3. The summed E-state index contributed by atoms with van der Waals surface area (Å²) in [5, 5.41) is 0. The third-order valence-corrected chi connectivity index (χ3v) is 3.21. The van der Waals surface area contributed by atoms with Crippen LogP contribution in [-0.2, 0) is 15.9 Å². The summed E-state index contributed by atoms with van der Waals surface area (Å²) in [7, 11) is 3.15. The van der Waals surface area contributed by atoms with E-state index in [1.54, 1.807) is 26.4 Å². The fourth-order valence-electron chi connectivity index (χ4n) is 2.12. The molecule has 0 N–H and O–H groups in total. The highest BCUT2D eigenvalue weighted by atomic mass is 16.7. The van der Waals surface area contributed by atoms with Crippen molar-refractivity contribution in [2.45, 2.75) is 6.42 Å². The van der Waals surface area contributed by atoms with E-state index in [0.717, 1.165) is 23.2 Å². The Morgan fingerprint density at radius 1 is 0.913 bits per heavy atom. The highest BCUT2D eigenvalue weighted by Crippen LogP contribution is 2.24. The van der Waals surface area contributed by atoms with E-state index < -0.39 is 0 Å². The Morgan fingerprint density at radius 3 is 2.26 bits per heavy atom. The summed E-state index contributed by atoms with van der Waals surface area (Å²) in [5.41, 5.74) is 2.63. The predicted octanol–water partition coefficient (Wildman–Crippen LogP) is 3.06. The highest BCUT2D eigenvalue weighted by molar-refractivity contribution is 5.75. The van der Waals surface area contributed by atoms with Gasteiger partial charge in [-0.25, -0.2) is 0 Å². The lowest BCUT2D eigenvalue weighted by atomic mass is 10.0. The molecule has 0 saturated heterocycles. The minimum atomic E-state index is 0.164. The number of carbonyl (C=O) groups excluding carboxylic acids is 1. The van der Waals surface area contributed by atoms with Gasteiger partial charge in [0.05, 0.1) is 0 Å². The van der Waals surface area contributed by atoms with Crippen molar-refractivity contribution in [2.24, 2.45) is 0 Å². The van der Waals surface area contributed by atoms with Crippen molar-refractivity contribution >= 4 is 6.29 Å². The molecule has 0 bridgehead atoms. The Labute approximate surface area is 135 Å². The molecule has 0 aromatic heterocycles. The lowest BCUT2D eigenvalue weighted by molar-refractivity contribution is 0.0505. The molecule has 0 atom stereocenters. The van der Waals surface area contributed by atoms with Gasteiger partial charge in [0, 0.05) is 26.2 Å². The Hall–Kier alpha value is -2.37. The first-order valence-electron chi connectivity index (χ1n) is 7.17. The first kappa shape index (κ1) is 17.0. The van der Waals surface area contributed by atoms with Crippen LogP contribution in [0.1, 0.15) is 21.5 Å². The minimum Gasteiger partial charge on any atom is -0.468 e. The number of benzene rings is 2. The monoisotopic (exact) mass is 316 g/mol. The van der Waals surface area contributed by atoms with Crippen LogP contribution in [0.15, 0.2) is 42.5 Å². The van der Waals surface area contributed by atoms with Crippen LogP contribution in [0.5, 0.6) is 11.5 Å². The van der Waals surface area contributed by atoms with E-state index in [9.17, 15) is 4.79 Å². The molecule has 2 aromatic rings. The van der Waals surface area contributed by atoms with Gasteiger partial charge in [-0.2, -0.15) is 0 Å².